The number of aromatic nitrogens is 3. The third-order valence-electron chi connectivity index (χ3n) is 2.35. The molecule has 1 aromatic heterocycles. The first-order valence-corrected chi connectivity index (χ1v) is 4.22. The van der Waals surface area contributed by atoms with Gasteiger partial charge in [0.1, 0.15) is 0 Å². The number of H-pyrrole nitrogens is 1. The van der Waals surface area contributed by atoms with E-state index in [2.05, 4.69) is 34.1 Å². The van der Waals surface area contributed by atoms with E-state index in [0.29, 0.717) is 0 Å². The molecule has 0 saturated heterocycles. The Balaban J connectivity index is 2.42. The molecule has 0 radical (unpaired) electrons. The summed E-state index contributed by atoms with van der Waals surface area (Å²) in [7, 11) is 0. The number of rotatable bonds is 2. The van der Waals surface area contributed by atoms with E-state index < -0.39 is 0 Å². The van der Waals surface area contributed by atoms with E-state index in [-0.39, 0.29) is 5.41 Å². The zero-order valence-corrected chi connectivity index (χ0v) is 7.27. The van der Waals surface area contributed by atoms with Gasteiger partial charge in [0.15, 0.2) is 0 Å². The summed E-state index contributed by atoms with van der Waals surface area (Å²) in [5, 5.41) is 10.5. The van der Waals surface area contributed by atoms with Crippen molar-refractivity contribution in [2.24, 2.45) is 0 Å². The van der Waals surface area contributed by atoms with E-state index in [1.807, 2.05) is 18.2 Å². The molecule has 1 N–H and O–H groups in total. The number of hydrogen-bond donors (Lipinski definition) is 1. The first-order chi connectivity index (χ1) is 6.37. The standard InChI is InChI=1S/C10H11N3/c1-2-10(6-4-3-5-7-10)9-8-11-13-12-9/h2-6,8H,1,7H2,(H,11,12,13). The summed E-state index contributed by atoms with van der Waals surface area (Å²) < 4.78 is 0. The fourth-order valence-electron chi connectivity index (χ4n) is 1.51. The lowest BCUT2D eigenvalue weighted by Gasteiger charge is -2.24. The van der Waals surface area contributed by atoms with Crippen LogP contribution in [0.2, 0.25) is 0 Å². The number of allylic oxidation sites excluding steroid dienone is 5. The Kier molecular flexibility index (Phi) is 1.85. The Bertz CT molecular complexity index is 348. The maximum absolute atomic E-state index is 4.09. The minimum atomic E-state index is -0.165. The maximum atomic E-state index is 4.09. The summed E-state index contributed by atoms with van der Waals surface area (Å²) in [6.07, 6.45) is 12.8. The molecule has 0 saturated carbocycles. The molecule has 1 atom stereocenters. The molecule has 0 bridgehead atoms. The number of aromatic amines is 1. The van der Waals surface area contributed by atoms with E-state index in [1.165, 1.54) is 0 Å². The molecule has 1 aliphatic carbocycles. The monoisotopic (exact) mass is 173 g/mol. The van der Waals surface area contributed by atoms with Gasteiger partial charge in [-0.3, -0.25) is 0 Å². The Labute approximate surface area is 76.9 Å². The zero-order chi connectivity index (χ0) is 9.15. The van der Waals surface area contributed by atoms with E-state index >= 15 is 0 Å². The molecule has 3 nitrogen and oxygen atoms in total. The summed E-state index contributed by atoms with van der Waals surface area (Å²) in [4.78, 5) is 0. The largest absolute Gasteiger partial charge is 0.198 e. The molecule has 0 fully saturated rings. The Hall–Kier alpha value is -1.64. The van der Waals surface area contributed by atoms with Crippen LogP contribution in [0.15, 0.2) is 43.2 Å². The lowest BCUT2D eigenvalue weighted by molar-refractivity contribution is 0.647. The van der Waals surface area contributed by atoms with Gasteiger partial charge < -0.3 is 0 Å². The highest BCUT2D eigenvalue weighted by Crippen LogP contribution is 2.31. The smallest absolute Gasteiger partial charge is 0.0965 e. The second kappa shape index (κ2) is 3.01. The van der Waals surface area contributed by atoms with Crippen LogP contribution in [-0.4, -0.2) is 15.4 Å². The van der Waals surface area contributed by atoms with Gasteiger partial charge in [-0.15, -0.1) is 6.58 Å². The van der Waals surface area contributed by atoms with Crippen molar-refractivity contribution in [2.75, 3.05) is 0 Å². The first kappa shape index (κ1) is 7.98. The van der Waals surface area contributed by atoms with E-state index in [0.717, 1.165) is 12.1 Å². The normalized spacial score (nSPS) is 26.2. The van der Waals surface area contributed by atoms with Gasteiger partial charge in [-0.1, -0.05) is 30.4 Å². The third-order valence-corrected chi connectivity index (χ3v) is 2.35. The molecule has 0 aliphatic heterocycles. The van der Waals surface area contributed by atoms with E-state index in [1.54, 1.807) is 6.20 Å². The number of nitrogens with one attached hydrogen (secondary N) is 1. The van der Waals surface area contributed by atoms with Gasteiger partial charge in [0.05, 0.1) is 17.3 Å². The van der Waals surface area contributed by atoms with Crippen molar-refractivity contribution in [3.8, 4) is 0 Å². The topological polar surface area (TPSA) is 41.6 Å². The van der Waals surface area contributed by atoms with Crippen LogP contribution in [0.4, 0.5) is 0 Å². The molecule has 1 heterocycles. The SMILES string of the molecule is C=CC1(c2cn[nH]n2)C=CC=CC1. The first-order valence-electron chi connectivity index (χ1n) is 4.22. The van der Waals surface area contributed by atoms with Crippen molar-refractivity contribution in [1.82, 2.24) is 15.4 Å². The maximum Gasteiger partial charge on any atom is 0.0965 e. The summed E-state index contributed by atoms with van der Waals surface area (Å²) in [6, 6.07) is 0. The van der Waals surface area contributed by atoms with Gasteiger partial charge in [0, 0.05) is 0 Å². The molecular weight excluding hydrogens is 162 g/mol. The highest BCUT2D eigenvalue weighted by Gasteiger charge is 2.28. The lowest BCUT2D eigenvalue weighted by atomic mass is 9.79. The Morgan fingerprint density at radius 2 is 2.46 bits per heavy atom. The lowest BCUT2D eigenvalue weighted by Crippen LogP contribution is -2.21. The van der Waals surface area contributed by atoms with Crippen LogP contribution in [0, 0.1) is 0 Å². The summed E-state index contributed by atoms with van der Waals surface area (Å²) in [6.45, 7) is 3.85. The van der Waals surface area contributed by atoms with E-state index in [9.17, 15) is 0 Å². The highest BCUT2D eigenvalue weighted by molar-refractivity contribution is 5.35. The van der Waals surface area contributed by atoms with Crippen molar-refractivity contribution >= 4 is 0 Å². The summed E-state index contributed by atoms with van der Waals surface area (Å²) >= 11 is 0. The Morgan fingerprint density at radius 3 is 3.00 bits per heavy atom. The van der Waals surface area contributed by atoms with Crippen LogP contribution in [0.5, 0.6) is 0 Å². The molecule has 1 aliphatic rings. The third kappa shape index (κ3) is 1.22. The van der Waals surface area contributed by atoms with Gasteiger partial charge in [0.2, 0.25) is 0 Å². The van der Waals surface area contributed by atoms with Crippen molar-refractivity contribution < 1.29 is 0 Å². The van der Waals surface area contributed by atoms with Gasteiger partial charge >= 0.3 is 0 Å². The summed E-state index contributed by atoms with van der Waals surface area (Å²) in [5.41, 5.74) is 0.755. The van der Waals surface area contributed by atoms with Crippen molar-refractivity contribution in [2.45, 2.75) is 11.8 Å². The van der Waals surface area contributed by atoms with Crippen LogP contribution in [0.1, 0.15) is 12.1 Å². The second-order valence-corrected chi connectivity index (χ2v) is 3.09. The second-order valence-electron chi connectivity index (χ2n) is 3.09. The van der Waals surface area contributed by atoms with Crippen molar-refractivity contribution in [3.05, 3.63) is 48.8 Å². The van der Waals surface area contributed by atoms with Crippen LogP contribution in [0.3, 0.4) is 0 Å². The molecule has 0 aromatic carbocycles. The van der Waals surface area contributed by atoms with Gasteiger partial charge in [0.25, 0.3) is 0 Å². The molecule has 1 aromatic rings. The minimum absolute atomic E-state index is 0.165. The van der Waals surface area contributed by atoms with Crippen LogP contribution < -0.4 is 0 Å². The quantitative estimate of drug-likeness (QED) is 0.692. The van der Waals surface area contributed by atoms with Crippen molar-refractivity contribution in [3.63, 3.8) is 0 Å². The fraction of sp³-hybridized carbons (Fsp3) is 0.200. The van der Waals surface area contributed by atoms with Gasteiger partial charge in [-0.25, -0.2) is 0 Å². The number of nitrogens with zero attached hydrogens (tertiary/aromatic N) is 2. The molecule has 2 rings (SSSR count). The Morgan fingerprint density at radius 1 is 1.54 bits per heavy atom. The van der Waals surface area contributed by atoms with Gasteiger partial charge in [-0.2, -0.15) is 15.4 Å². The molecule has 13 heavy (non-hydrogen) atoms. The molecule has 0 spiro atoms. The van der Waals surface area contributed by atoms with Crippen LogP contribution in [0.25, 0.3) is 0 Å². The summed E-state index contributed by atoms with van der Waals surface area (Å²) in [5.74, 6) is 0. The fourth-order valence-corrected chi connectivity index (χ4v) is 1.51. The van der Waals surface area contributed by atoms with Crippen molar-refractivity contribution in [1.29, 1.82) is 0 Å². The molecule has 3 heteroatoms. The average Bonchev–Trinajstić information content (AvgIpc) is 2.72. The molecular formula is C10H11N3. The predicted octanol–water partition coefficient (Wildman–Crippen LogP) is 1.74. The van der Waals surface area contributed by atoms with Gasteiger partial charge in [-0.05, 0) is 6.42 Å². The minimum Gasteiger partial charge on any atom is -0.198 e. The van der Waals surface area contributed by atoms with E-state index in [4.69, 9.17) is 0 Å². The molecule has 66 valence electrons. The zero-order valence-electron chi connectivity index (χ0n) is 7.27. The highest BCUT2D eigenvalue weighted by atomic mass is 15.3. The average molecular weight is 173 g/mol. The molecule has 1 unspecified atom stereocenters. The molecule has 0 amide bonds. The van der Waals surface area contributed by atoms with Crippen LogP contribution in [-0.2, 0) is 5.41 Å². The van der Waals surface area contributed by atoms with Crippen LogP contribution >= 0.6 is 0 Å². The number of hydrogen-bond acceptors (Lipinski definition) is 2. The predicted molar refractivity (Wildman–Crippen MR) is 51.2 cm³/mol.